The zero-order valence-corrected chi connectivity index (χ0v) is 16.2. The molecule has 0 fully saturated rings. The predicted molar refractivity (Wildman–Crippen MR) is 107 cm³/mol. The number of aromatic nitrogens is 4. The van der Waals surface area contributed by atoms with Crippen LogP contribution in [-0.2, 0) is 6.54 Å². The lowest BCUT2D eigenvalue weighted by Gasteiger charge is -2.15. The van der Waals surface area contributed by atoms with Crippen molar-refractivity contribution in [2.45, 2.75) is 6.54 Å². The van der Waals surface area contributed by atoms with Crippen LogP contribution in [0.4, 0.5) is 0 Å². The Balaban J connectivity index is 1.85. The van der Waals surface area contributed by atoms with Crippen molar-refractivity contribution in [2.75, 3.05) is 0 Å². The average Bonchev–Trinajstić information content (AvgIpc) is 2.66. The Hall–Kier alpha value is -2.77. The lowest BCUT2D eigenvalue weighted by Crippen LogP contribution is -2.36. The minimum Gasteiger partial charge on any atom is -0.328 e. The molecule has 0 bridgehead atoms. The largest absolute Gasteiger partial charge is 0.357 e. The van der Waals surface area contributed by atoms with E-state index in [1.54, 1.807) is 59.4 Å². The van der Waals surface area contributed by atoms with Crippen LogP contribution in [0, 0.1) is 0 Å². The van der Waals surface area contributed by atoms with Crippen LogP contribution in [0.15, 0.2) is 75.0 Å². The minimum absolute atomic E-state index is 0.329. The molecule has 0 N–H and O–H groups in total. The van der Waals surface area contributed by atoms with Gasteiger partial charge in [-0.2, -0.15) is 4.98 Å². The highest BCUT2D eigenvalue weighted by Gasteiger charge is 2.18. The molecule has 134 valence electrons. The number of rotatable bonds is 3. The van der Waals surface area contributed by atoms with E-state index in [4.69, 9.17) is 11.6 Å². The Labute approximate surface area is 167 Å². The Morgan fingerprint density at radius 3 is 2.52 bits per heavy atom. The van der Waals surface area contributed by atoms with Crippen molar-refractivity contribution in [3.63, 3.8) is 0 Å². The summed E-state index contributed by atoms with van der Waals surface area (Å²) in [6.45, 7) is 0.412. The summed E-state index contributed by atoms with van der Waals surface area (Å²) in [7, 11) is 0. The van der Waals surface area contributed by atoms with Crippen LogP contribution in [-0.4, -0.2) is 19.1 Å². The SMILES string of the molecule is O=c1nc2n(Cc3ccc(Cl)nc3)cccc-2c(=O)n1-c1ccc(Br)cc1. The fourth-order valence-corrected chi connectivity index (χ4v) is 3.20. The van der Waals surface area contributed by atoms with Crippen LogP contribution >= 0.6 is 27.5 Å². The molecule has 4 rings (SSSR count). The van der Waals surface area contributed by atoms with Gasteiger partial charge in [-0.1, -0.05) is 33.6 Å². The molecule has 2 aliphatic rings. The summed E-state index contributed by atoms with van der Waals surface area (Å²) < 4.78 is 3.67. The van der Waals surface area contributed by atoms with E-state index in [1.807, 2.05) is 6.07 Å². The van der Waals surface area contributed by atoms with Gasteiger partial charge in [-0.15, -0.1) is 0 Å². The highest BCUT2D eigenvalue weighted by molar-refractivity contribution is 9.10. The van der Waals surface area contributed by atoms with Gasteiger partial charge in [0.1, 0.15) is 5.15 Å². The maximum atomic E-state index is 13.0. The molecule has 0 saturated heterocycles. The number of nitrogens with zero attached hydrogens (tertiary/aromatic N) is 4. The summed E-state index contributed by atoms with van der Waals surface area (Å²) in [5.41, 5.74) is 0.685. The molecule has 0 radical (unpaired) electrons. The Morgan fingerprint density at radius 1 is 1.04 bits per heavy atom. The van der Waals surface area contributed by atoms with Crippen molar-refractivity contribution in [2.24, 2.45) is 0 Å². The standard InChI is InChI=1S/C19H12BrClN4O2/c20-13-4-6-14(7-5-13)25-18(26)15-2-1-9-24(17(15)23-19(25)27)11-12-3-8-16(21)22-10-12/h1-10H,11H2. The molecule has 0 saturated carbocycles. The van der Waals surface area contributed by atoms with E-state index in [2.05, 4.69) is 25.9 Å². The van der Waals surface area contributed by atoms with Crippen LogP contribution in [0.5, 0.6) is 0 Å². The van der Waals surface area contributed by atoms with Gasteiger partial charge >= 0.3 is 5.69 Å². The summed E-state index contributed by atoms with van der Waals surface area (Å²) >= 11 is 9.16. The van der Waals surface area contributed by atoms with E-state index >= 15 is 0 Å². The molecule has 27 heavy (non-hydrogen) atoms. The lowest BCUT2D eigenvalue weighted by atomic mass is 10.2. The smallest absolute Gasteiger partial charge is 0.328 e. The molecule has 3 heterocycles. The fourth-order valence-electron chi connectivity index (χ4n) is 2.82. The van der Waals surface area contributed by atoms with E-state index < -0.39 is 11.2 Å². The third kappa shape index (κ3) is 3.43. The number of hydrogen-bond donors (Lipinski definition) is 0. The van der Waals surface area contributed by atoms with Crippen molar-refractivity contribution >= 4 is 27.5 Å². The highest BCUT2D eigenvalue weighted by atomic mass is 79.9. The lowest BCUT2D eigenvalue weighted by molar-refractivity contribution is 0.750. The number of hydrogen-bond acceptors (Lipinski definition) is 4. The zero-order chi connectivity index (χ0) is 19.0. The predicted octanol–water partition coefficient (Wildman–Crippen LogP) is 3.36. The molecule has 2 aliphatic heterocycles. The first-order valence-electron chi connectivity index (χ1n) is 8.01. The molecule has 1 aromatic carbocycles. The van der Waals surface area contributed by atoms with Gasteiger partial charge in [0.25, 0.3) is 5.56 Å². The van der Waals surface area contributed by atoms with Gasteiger partial charge in [0.05, 0.1) is 17.8 Å². The van der Waals surface area contributed by atoms with E-state index in [1.165, 1.54) is 0 Å². The maximum Gasteiger partial charge on any atom is 0.357 e. The van der Waals surface area contributed by atoms with Crippen molar-refractivity contribution in [3.05, 3.63) is 97.0 Å². The maximum absolute atomic E-state index is 13.0. The molecule has 0 unspecified atom stereocenters. The Bertz CT molecular complexity index is 1200. The van der Waals surface area contributed by atoms with Crippen molar-refractivity contribution in [1.82, 2.24) is 19.1 Å². The third-order valence-electron chi connectivity index (χ3n) is 4.09. The van der Waals surface area contributed by atoms with Crippen molar-refractivity contribution in [1.29, 1.82) is 0 Å². The topological polar surface area (TPSA) is 69.8 Å². The van der Waals surface area contributed by atoms with Crippen LogP contribution < -0.4 is 11.2 Å². The van der Waals surface area contributed by atoms with Gasteiger partial charge in [-0.25, -0.2) is 14.3 Å². The molecule has 1 aromatic heterocycles. The van der Waals surface area contributed by atoms with Gasteiger partial charge < -0.3 is 4.57 Å². The highest BCUT2D eigenvalue weighted by Crippen LogP contribution is 2.17. The van der Waals surface area contributed by atoms with Crippen molar-refractivity contribution < 1.29 is 0 Å². The summed E-state index contributed by atoms with van der Waals surface area (Å²) in [6, 6.07) is 13.9. The van der Waals surface area contributed by atoms with Gasteiger partial charge in [0, 0.05) is 16.9 Å². The average molecular weight is 444 g/mol. The summed E-state index contributed by atoms with van der Waals surface area (Å²) in [5.74, 6) is 0.329. The summed E-state index contributed by atoms with van der Waals surface area (Å²) in [5, 5.41) is 0.402. The molecule has 0 atom stereocenters. The van der Waals surface area contributed by atoms with Crippen LogP contribution in [0.2, 0.25) is 5.15 Å². The Morgan fingerprint density at radius 2 is 1.81 bits per heavy atom. The molecular weight excluding hydrogens is 432 g/mol. The van der Waals surface area contributed by atoms with Crippen LogP contribution in [0.1, 0.15) is 5.56 Å². The second kappa shape index (κ2) is 7.09. The first-order chi connectivity index (χ1) is 13.0. The van der Waals surface area contributed by atoms with Gasteiger partial charge in [-0.3, -0.25) is 4.79 Å². The minimum atomic E-state index is -0.621. The number of benzene rings is 1. The fraction of sp³-hybridized carbons (Fsp3) is 0.0526. The number of halogens is 2. The molecule has 0 amide bonds. The second-order valence-electron chi connectivity index (χ2n) is 5.87. The van der Waals surface area contributed by atoms with Gasteiger partial charge in [0.2, 0.25) is 0 Å². The molecule has 2 aromatic rings. The van der Waals surface area contributed by atoms with Gasteiger partial charge in [0.15, 0.2) is 5.82 Å². The first-order valence-corrected chi connectivity index (χ1v) is 9.18. The van der Waals surface area contributed by atoms with E-state index in [9.17, 15) is 9.59 Å². The molecule has 8 heteroatoms. The number of fused-ring (bicyclic) bond motifs is 1. The quantitative estimate of drug-likeness (QED) is 0.455. The van der Waals surface area contributed by atoms with Crippen LogP contribution in [0.3, 0.4) is 0 Å². The van der Waals surface area contributed by atoms with E-state index in [-0.39, 0.29) is 0 Å². The Kier molecular flexibility index (Phi) is 4.63. The van der Waals surface area contributed by atoms with Crippen molar-refractivity contribution in [3.8, 4) is 17.1 Å². The summed E-state index contributed by atoms with van der Waals surface area (Å²) in [6.07, 6.45) is 3.42. The monoisotopic (exact) mass is 442 g/mol. The molecule has 0 aliphatic carbocycles. The first kappa shape index (κ1) is 17.6. The zero-order valence-electron chi connectivity index (χ0n) is 13.8. The number of pyridine rings is 2. The van der Waals surface area contributed by atoms with Gasteiger partial charge in [-0.05, 0) is 48.0 Å². The third-order valence-corrected chi connectivity index (χ3v) is 4.85. The summed E-state index contributed by atoms with van der Waals surface area (Å²) in [4.78, 5) is 33.8. The van der Waals surface area contributed by atoms with E-state index in [0.29, 0.717) is 28.8 Å². The molecule has 6 nitrogen and oxygen atoms in total. The molecular formula is C19H12BrClN4O2. The van der Waals surface area contributed by atoms with E-state index in [0.717, 1.165) is 14.6 Å². The molecule has 0 spiro atoms. The normalized spacial score (nSPS) is 11.0. The van der Waals surface area contributed by atoms with Crippen LogP contribution in [0.25, 0.3) is 17.1 Å². The second-order valence-corrected chi connectivity index (χ2v) is 7.18.